The molecule has 1 N–H and O–H groups in total. The van der Waals surface area contributed by atoms with Gasteiger partial charge >= 0.3 is 0 Å². The SMILES string of the molecule is CC1CC1CNC(=O)c1cc(F)c(F)cc1[N+](=O)[O-]. The molecule has 1 aliphatic carbocycles. The first-order chi connectivity index (χ1) is 8.90. The zero-order valence-electron chi connectivity index (χ0n) is 10.2. The van der Waals surface area contributed by atoms with Crippen LogP contribution in [0.1, 0.15) is 23.7 Å². The number of nitrogens with zero attached hydrogens (tertiary/aromatic N) is 1. The van der Waals surface area contributed by atoms with Gasteiger partial charge in [-0.3, -0.25) is 14.9 Å². The quantitative estimate of drug-likeness (QED) is 0.673. The summed E-state index contributed by atoms with van der Waals surface area (Å²) in [6.45, 7) is 2.41. The standard InChI is InChI=1S/C12H12F2N2O3/c1-6-2-7(6)5-15-12(17)8-3-9(13)10(14)4-11(8)16(18)19/h3-4,6-7H,2,5H2,1H3,(H,15,17). The van der Waals surface area contributed by atoms with Gasteiger partial charge in [0.1, 0.15) is 5.56 Å². The van der Waals surface area contributed by atoms with Crippen LogP contribution in [0.3, 0.4) is 0 Å². The molecule has 2 atom stereocenters. The number of nitrogens with one attached hydrogen (secondary N) is 1. The Bertz CT molecular complexity index is 548. The van der Waals surface area contributed by atoms with E-state index in [4.69, 9.17) is 0 Å². The molecule has 2 rings (SSSR count). The molecule has 5 nitrogen and oxygen atoms in total. The molecule has 1 aromatic rings. The van der Waals surface area contributed by atoms with Crippen molar-refractivity contribution in [3.63, 3.8) is 0 Å². The first-order valence-electron chi connectivity index (χ1n) is 5.81. The smallest absolute Gasteiger partial charge is 0.285 e. The Labute approximate surface area is 107 Å². The van der Waals surface area contributed by atoms with Crippen molar-refractivity contribution in [1.29, 1.82) is 0 Å². The van der Waals surface area contributed by atoms with Crippen molar-refractivity contribution in [3.8, 4) is 0 Å². The van der Waals surface area contributed by atoms with Crippen LogP contribution < -0.4 is 5.32 Å². The Balaban J connectivity index is 2.19. The Kier molecular flexibility index (Phi) is 3.46. The molecule has 1 amide bonds. The molecule has 1 saturated carbocycles. The maximum absolute atomic E-state index is 13.1. The van der Waals surface area contributed by atoms with Gasteiger partial charge in [0.15, 0.2) is 11.6 Å². The maximum atomic E-state index is 13.1. The second-order valence-electron chi connectivity index (χ2n) is 4.72. The summed E-state index contributed by atoms with van der Waals surface area (Å²) in [5.41, 5.74) is -1.20. The van der Waals surface area contributed by atoms with E-state index >= 15 is 0 Å². The number of amides is 1. The molecular weight excluding hydrogens is 258 g/mol. The number of hydrogen-bond acceptors (Lipinski definition) is 3. The first-order valence-corrected chi connectivity index (χ1v) is 5.81. The lowest BCUT2D eigenvalue weighted by atomic mass is 10.1. The Hall–Kier alpha value is -2.05. The van der Waals surface area contributed by atoms with Crippen LogP contribution in [0.5, 0.6) is 0 Å². The van der Waals surface area contributed by atoms with Crippen molar-refractivity contribution in [1.82, 2.24) is 5.32 Å². The highest BCUT2D eigenvalue weighted by Gasteiger charge is 2.33. The van der Waals surface area contributed by atoms with E-state index in [1.807, 2.05) is 6.92 Å². The third kappa shape index (κ3) is 2.86. The number of rotatable bonds is 4. The Morgan fingerprint density at radius 1 is 1.47 bits per heavy atom. The zero-order chi connectivity index (χ0) is 14.2. The number of halogens is 2. The zero-order valence-corrected chi connectivity index (χ0v) is 10.2. The average Bonchev–Trinajstić information content (AvgIpc) is 3.05. The Morgan fingerprint density at radius 3 is 2.58 bits per heavy atom. The molecule has 1 aromatic carbocycles. The molecule has 1 aliphatic rings. The van der Waals surface area contributed by atoms with Gasteiger partial charge in [-0.1, -0.05) is 6.92 Å². The molecule has 1 fully saturated rings. The van der Waals surface area contributed by atoms with E-state index < -0.39 is 33.7 Å². The molecule has 0 saturated heterocycles. The number of carbonyl (C=O) groups is 1. The molecule has 0 radical (unpaired) electrons. The van der Waals surface area contributed by atoms with Gasteiger partial charge in [0.2, 0.25) is 0 Å². The Morgan fingerprint density at radius 2 is 2.05 bits per heavy atom. The maximum Gasteiger partial charge on any atom is 0.285 e. The molecule has 0 spiro atoms. The number of carbonyl (C=O) groups excluding carboxylic acids is 1. The van der Waals surface area contributed by atoms with Crippen molar-refractivity contribution in [3.05, 3.63) is 39.4 Å². The third-order valence-corrected chi connectivity index (χ3v) is 3.28. The van der Waals surface area contributed by atoms with Crippen molar-refractivity contribution < 1.29 is 18.5 Å². The molecule has 102 valence electrons. The van der Waals surface area contributed by atoms with Gasteiger partial charge in [-0.2, -0.15) is 0 Å². The van der Waals surface area contributed by atoms with Crippen LogP contribution in [0, 0.1) is 33.6 Å². The fourth-order valence-electron chi connectivity index (χ4n) is 1.87. The van der Waals surface area contributed by atoms with E-state index in [9.17, 15) is 23.7 Å². The van der Waals surface area contributed by atoms with Crippen molar-refractivity contribution in [2.75, 3.05) is 6.54 Å². The summed E-state index contributed by atoms with van der Waals surface area (Å²) >= 11 is 0. The fourth-order valence-corrected chi connectivity index (χ4v) is 1.87. The first kappa shape index (κ1) is 13.4. The number of nitro groups is 1. The number of nitro benzene ring substituents is 1. The van der Waals surface area contributed by atoms with Gasteiger partial charge in [0, 0.05) is 6.54 Å². The van der Waals surface area contributed by atoms with Crippen LogP contribution in [-0.4, -0.2) is 17.4 Å². The number of hydrogen-bond donors (Lipinski definition) is 1. The monoisotopic (exact) mass is 270 g/mol. The lowest BCUT2D eigenvalue weighted by molar-refractivity contribution is -0.385. The summed E-state index contributed by atoms with van der Waals surface area (Å²) in [6, 6.07) is 0.975. The lowest BCUT2D eigenvalue weighted by Crippen LogP contribution is -2.26. The average molecular weight is 270 g/mol. The summed E-state index contributed by atoms with van der Waals surface area (Å²) in [5.74, 6) is -2.52. The molecule has 2 unspecified atom stereocenters. The van der Waals surface area contributed by atoms with E-state index in [1.165, 1.54) is 0 Å². The second kappa shape index (κ2) is 4.91. The summed E-state index contributed by atoms with van der Waals surface area (Å²) < 4.78 is 26.0. The van der Waals surface area contributed by atoms with Gasteiger partial charge in [-0.25, -0.2) is 8.78 Å². The van der Waals surface area contributed by atoms with Crippen LogP contribution >= 0.6 is 0 Å². The van der Waals surface area contributed by atoms with Crippen LogP contribution in [0.25, 0.3) is 0 Å². The van der Waals surface area contributed by atoms with Gasteiger partial charge in [-0.05, 0) is 24.3 Å². The van der Waals surface area contributed by atoms with Gasteiger partial charge in [0.05, 0.1) is 11.0 Å². The lowest BCUT2D eigenvalue weighted by Gasteiger charge is -2.06. The van der Waals surface area contributed by atoms with Crippen molar-refractivity contribution in [2.24, 2.45) is 11.8 Å². The summed E-state index contributed by atoms with van der Waals surface area (Å²) in [4.78, 5) is 21.6. The highest BCUT2D eigenvalue weighted by molar-refractivity contribution is 5.98. The fraction of sp³-hybridized carbons (Fsp3) is 0.417. The van der Waals surface area contributed by atoms with E-state index in [0.29, 0.717) is 30.5 Å². The van der Waals surface area contributed by atoms with Crippen LogP contribution in [0.4, 0.5) is 14.5 Å². The van der Waals surface area contributed by atoms with Crippen LogP contribution in [-0.2, 0) is 0 Å². The molecule has 0 heterocycles. The van der Waals surface area contributed by atoms with Crippen LogP contribution in [0.15, 0.2) is 12.1 Å². The van der Waals surface area contributed by atoms with E-state index in [2.05, 4.69) is 5.32 Å². The predicted octanol–water partition coefficient (Wildman–Crippen LogP) is 2.26. The topological polar surface area (TPSA) is 72.2 Å². The highest BCUT2D eigenvalue weighted by atomic mass is 19.2. The normalized spacial score (nSPS) is 21.0. The van der Waals surface area contributed by atoms with Gasteiger partial charge in [0.25, 0.3) is 11.6 Å². The minimum atomic E-state index is -1.35. The molecule has 0 bridgehead atoms. The van der Waals surface area contributed by atoms with Crippen LogP contribution in [0.2, 0.25) is 0 Å². The summed E-state index contributed by atoms with van der Waals surface area (Å²) in [6.07, 6.45) is 0.986. The van der Waals surface area contributed by atoms with E-state index in [0.717, 1.165) is 6.42 Å². The van der Waals surface area contributed by atoms with Gasteiger partial charge < -0.3 is 5.32 Å². The largest absolute Gasteiger partial charge is 0.352 e. The summed E-state index contributed by atoms with van der Waals surface area (Å²) in [7, 11) is 0. The molecular formula is C12H12F2N2O3. The van der Waals surface area contributed by atoms with Crippen molar-refractivity contribution >= 4 is 11.6 Å². The molecule has 7 heteroatoms. The van der Waals surface area contributed by atoms with Gasteiger partial charge in [-0.15, -0.1) is 0 Å². The minimum Gasteiger partial charge on any atom is -0.352 e. The van der Waals surface area contributed by atoms with Crippen molar-refractivity contribution in [2.45, 2.75) is 13.3 Å². The third-order valence-electron chi connectivity index (χ3n) is 3.28. The molecule has 19 heavy (non-hydrogen) atoms. The molecule has 0 aromatic heterocycles. The highest BCUT2D eigenvalue weighted by Crippen LogP contribution is 2.36. The minimum absolute atomic E-state index is 0.355. The second-order valence-corrected chi connectivity index (χ2v) is 4.72. The molecule has 0 aliphatic heterocycles. The van der Waals surface area contributed by atoms with E-state index in [-0.39, 0.29) is 0 Å². The summed E-state index contributed by atoms with van der Waals surface area (Å²) in [5, 5.41) is 13.2. The van der Waals surface area contributed by atoms with E-state index in [1.54, 1.807) is 0 Å². The number of benzene rings is 1. The predicted molar refractivity (Wildman–Crippen MR) is 62.6 cm³/mol.